The molecule has 0 spiro atoms. The van der Waals surface area contributed by atoms with E-state index in [1.165, 1.54) is 13.3 Å². The van der Waals surface area contributed by atoms with Gasteiger partial charge in [0.1, 0.15) is 18.3 Å². The Morgan fingerprint density at radius 2 is 1.32 bits per heavy atom. The van der Waals surface area contributed by atoms with Gasteiger partial charge in [-0.15, -0.1) is 34.8 Å². The third-order valence-corrected chi connectivity index (χ3v) is 22.3. The van der Waals surface area contributed by atoms with Gasteiger partial charge in [-0.3, -0.25) is 42.6 Å². The number of ether oxygens (including phenoxy) is 1. The van der Waals surface area contributed by atoms with E-state index in [4.69, 9.17) is 69.5 Å². The number of carbonyl (C=O) groups excluding carboxylic acids is 7. The van der Waals surface area contributed by atoms with Crippen molar-refractivity contribution in [1.82, 2.24) is 14.9 Å². The van der Waals surface area contributed by atoms with Crippen molar-refractivity contribution >= 4 is 60.2 Å². The van der Waals surface area contributed by atoms with Crippen molar-refractivity contribution in [3.63, 3.8) is 0 Å². The minimum atomic E-state index is -5.06. The summed E-state index contributed by atoms with van der Waals surface area (Å²) < 4.78 is 32.3. The number of fused-ring (bicyclic) bond motifs is 10. The van der Waals surface area contributed by atoms with Crippen LogP contribution < -0.4 is 39.7 Å². The van der Waals surface area contributed by atoms with Gasteiger partial charge in [0, 0.05) is 68.3 Å². The molecule has 8 rings (SSSR count). The molecule has 91 heavy (non-hydrogen) atoms. The topological polar surface area (TPSA) is 467 Å². The second-order valence-electron chi connectivity index (χ2n) is 27.5. The molecule has 6 aliphatic heterocycles. The molecule has 0 saturated carbocycles. The predicted molar refractivity (Wildman–Crippen MR) is 333 cm³/mol. The van der Waals surface area contributed by atoms with Gasteiger partial charge >= 0.3 is 7.82 Å². The number of hydrogen-bond donors (Lipinski definition) is 10. The zero-order valence-electron chi connectivity index (χ0n) is 53.8. The number of phosphoric acid groups is 1. The molecular formula is C62H92CoN13O14P-4. The first-order chi connectivity index (χ1) is 41.8. The average molecular weight is 1330 g/mol. The van der Waals surface area contributed by atoms with Crippen LogP contribution in [-0.2, 0) is 68.7 Å². The van der Waals surface area contributed by atoms with E-state index in [-0.39, 0.29) is 94.0 Å². The maximum Gasteiger partial charge on any atom is 0.472 e. The van der Waals surface area contributed by atoms with Crippen molar-refractivity contribution in [2.45, 2.75) is 207 Å². The van der Waals surface area contributed by atoms with Crippen LogP contribution in [0.2, 0.25) is 0 Å². The van der Waals surface area contributed by atoms with Crippen molar-refractivity contribution in [2.75, 3.05) is 13.2 Å². The van der Waals surface area contributed by atoms with Crippen LogP contribution in [0.5, 0.6) is 0 Å². The quantitative estimate of drug-likeness (QED) is 0.0563. The molecule has 6 aliphatic rings. The van der Waals surface area contributed by atoms with E-state index in [9.17, 15) is 53.2 Å². The van der Waals surface area contributed by atoms with E-state index < -0.39 is 161 Å². The smallest absolute Gasteiger partial charge is 0.472 e. The summed E-state index contributed by atoms with van der Waals surface area (Å²) >= 11 is 0. The van der Waals surface area contributed by atoms with Gasteiger partial charge < -0.3 is 85.4 Å². The third-order valence-electron chi connectivity index (χ3n) is 21.2. The molecule has 1 aromatic heterocycles. The predicted octanol–water partition coefficient (Wildman–Crippen LogP) is 4.85. The summed E-state index contributed by atoms with van der Waals surface area (Å²) in [5.74, 6) is -6.86. The van der Waals surface area contributed by atoms with Crippen molar-refractivity contribution in [1.29, 1.82) is 0 Å². The summed E-state index contributed by atoms with van der Waals surface area (Å²) in [5.41, 5.74) is 36.2. The SMILES string of the molecule is CC1=C2[N-]C(C(CC(N)=O)C2(C)CCC(=O)NCC(C)OP(=O)(O)OC2C(CO)OC(n3cnc4cc(C)c(C)cc43)C2O)C2(C)[N-]C(C(C)=C3[N-]C(C=C4[N-]C1C(CCC(N)=O)C4(C)C)C(CCC(N)=O)C3(C)CC(N)=O)C(CCC(N)=O)C2(C)CC(N)=O.[Co]. The van der Waals surface area contributed by atoms with Gasteiger partial charge in [-0.1, -0.05) is 53.6 Å². The van der Waals surface area contributed by atoms with E-state index in [0.717, 1.165) is 11.1 Å². The number of imidazole rings is 1. The number of aliphatic hydroxyl groups is 2. The monoisotopic (exact) mass is 1330 g/mol. The molecular weight excluding hydrogens is 1240 g/mol. The second-order valence-corrected chi connectivity index (χ2v) is 28.9. The van der Waals surface area contributed by atoms with Crippen LogP contribution in [0.3, 0.4) is 0 Å². The number of aliphatic hydroxyl groups excluding tert-OH is 2. The molecule has 507 valence electrons. The molecule has 5 fully saturated rings. The largest absolute Gasteiger partial charge is 0.685 e. The van der Waals surface area contributed by atoms with Crippen LogP contribution in [0, 0.1) is 59.2 Å². The summed E-state index contributed by atoms with van der Waals surface area (Å²) in [6.07, 6.45) is -3.96. The Labute approximate surface area is 541 Å². The Balaban J connectivity index is 0.0000118. The summed E-state index contributed by atoms with van der Waals surface area (Å²) in [6, 6.07) is 0.417. The number of benzene rings is 1. The number of allylic oxidation sites excluding steroid dienone is 3. The number of aryl methyl sites for hydroxylation is 2. The standard InChI is InChI=1S/C62H92N13O14P.Co/c1-29-20-39-40(21-30(29)2)75(28-70-39)57-52(84)53(41(27-76)87-57)89-90(85,86)88-31(3)26-69-49(83)18-19-59(8)37(22-46(66)80)56-62(11)61(10,25-48(68)82)36(14-17-45(65)79)51(74-62)33(5)55-60(9,24-47(67)81)34(12-15-43(63)77)38(71-55)23-42-58(6,7)35(13-16-44(64)78)50(72-42)32(4)54(59)73-56;/h20-21,23,28,31,34-38,41,50-53,56-57,76,84H,12-19,22,24-27H2,1-11H3,(H2,63,77)(H2,64,78)(H2,65,79)(H2,66,80)(H2,67,81)(H2,68,82)(H,69,83)(H,85,86);/q-4;. The summed E-state index contributed by atoms with van der Waals surface area (Å²) in [4.78, 5) is 109. The van der Waals surface area contributed by atoms with E-state index in [1.54, 1.807) is 4.57 Å². The number of aromatic nitrogens is 2. The van der Waals surface area contributed by atoms with Crippen molar-refractivity contribution in [3.8, 4) is 0 Å². The zero-order chi connectivity index (χ0) is 66.7. The van der Waals surface area contributed by atoms with Crippen LogP contribution in [0.25, 0.3) is 32.3 Å². The normalized spacial score (nSPS) is 34.2. The van der Waals surface area contributed by atoms with Gasteiger partial charge in [-0.25, -0.2) is 9.55 Å². The van der Waals surface area contributed by atoms with Crippen molar-refractivity contribution < 1.29 is 83.8 Å². The first kappa shape index (κ1) is 72.5. The van der Waals surface area contributed by atoms with Gasteiger partial charge in [0.2, 0.25) is 41.4 Å². The molecule has 7 heterocycles. The van der Waals surface area contributed by atoms with Crippen LogP contribution in [0.4, 0.5) is 0 Å². The maximum absolute atomic E-state index is 14.4. The van der Waals surface area contributed by atoms with Gasteiger partial charge in [0.25, 0.3) is 0 Å². The fourth-order valence-electron chi connectivity index (χ4n) is 16.1. The van der Waals surface area contributed by atoms with Gasteiger partial charge in [0.15, 0.2) is 6.23 Å². The van der Waals surface area contributed by atoms with E-state index in [0.29, 0.717) is 39.3 Å². The average Bonchev–Trinajstić information content (AvgIpc) is 1.53. The van der Waals surface area contributed by atoms with E-state index in [2.05, 4.69) is 10.3 Å². The van der Waals surface area contributed by atoms with Gasteiger partial charge in [0.05, 0.1) is 30.1 Å². The number of carbonyl (C=O) groups is 7. The molecule has 18 atom stereocenters. The number of phosphoric ester groups is 1. The molecule has 5 saturated heterocycles. The minimum absolute atomic E-state index is 0. The number of nitrogens with zero attached hydrogens (tertiary/aromatic N) is 6. The fourth-order valence-corrected chi connectivity index (χ4v) is 17.3. The van der Waals surface area contributed by atoms with Crippen LogP contribution >= 0.6 is 7.82 Å². The molecule has 16 N–H and O–H groups in total. The molecule has 1 aromatic carbocycles. The molecule has 1 radical (unpaired) electrons. The summed E-state index contributed by atoms with van der Waals surface area (Å²) in [6.45, 7) is 19.5. The number of nitrogens with two attached hydrogens (primary N) is 6. The number of amides is 7. The van der Waals surface area contributed by atoms with Gasteiger partial charge in [-0.05, 0) is 129 Å². The van der Waals surface area contributed by atoms with Crippen LogP contribution in [0.15, 0.2) is 52.8 Å². The first-order valence-electron chi connectivity index (χ1n) is 30.9. The molecule has 27 nitrogen and oxygen atoms in total. The van der Waals surface area contributed by atoms with E-state index in [1.807, 2.05) is 87.4 Å². The molecule has 29 heteroatoms. The van der Waals surface area contributed by atoms with Gasteiger partial charge in [-0.2, -0.15) is 17.1 Å². The zero-order valence-corrected chi connectivity index (χ0v) is 55.7. The maximum atomic E-state index is 14.4. The van der Waals surface area contributed by atoms with Crippen LogP contribution in [-0.4, -0.2) is 133 Å². The summed E-state index contributed by atoms with van der Waals surface area (Å²) in [7, 11) is -5.06. The number of rotatable bonds is 26. The molecule has 0 aliphatic carbocycles. The molecule has 18 unspecified atom stereocenters. The first-order valence-corrected chi connectivity index (χ1v) is 32.4. The third kappa shape index (κ3) is 14.0. The Hall–Kier alpha value is -5.94. The number of hydrogen-bond acceptors (Lipinski definition) is 14. The molecule has 2 aromatic rings. The fraction of sp³-hybridized carbons (Fsp3) is 0.677. The molecule has 8 bridgehead atoms. The van der Waals surface area contributed by atoms with E-state index >= 15 is 0 Å². The van der Waals surface area contributed by atoms with Crippen molar-refractivity contribution in [2.24, 2.45) is 79.7 Å². The number of primary amides is 6. The second kappa shape index (κ2) is 27.2. The minimum Gasteiger partial charge on any atom is -0.685 e. The Bertz CT molecular complexity index is 3340. The summed E-state index contributed by atoms with van der Waals surface area (Å²) in [5, 5.41) is 46.9. The van der Waals surface area contributed by atoms with Crippen molar-refractivity contribution in [3.05, 3.63) is 85.2 Å². The van der Waals surface area contributed by atoms with Crippen LogP contribution in [0.1, 0.15) is 150 Å². The Morgan fingerprint density at radius 1 is 0.747 bits per heavy atom. The number of nitrogens with one attached hydrogen (secondary N) is 1. The molecule has 7 amide bonds. The Morgan fingerprint density at radius 3 is 1.90 bits per heavy atom. The Kier molecular flexibility index (Phi) is 21.7.